The highest BCUT2D eigenvalue weighted by Crippen LogP contribution is 2.19. The van der Waals surface area contributed by atoms with E-state index in [0.717, 1.165) is 18.8 Å². The van der Waals surface area contributed by atoms with Crippen molar-refractivity contribution in [1.29, 1.82) is 0 Å². The Morgan fingerprint density at radius 1 is 1.24 bits per heavy atom. The second-order valence-electron chi connectivity index (χ2n) is 6.42. The highest BCUT2D eigenvalue weighted by molar-refractivity contribution is 7.07. The first-order valence-corrected chi connectivity index (χ1v) is 8.15. The van der Waals surface area contributed by atoms with Gasteiger partial charge < -0.3 is 9.88 Å². The fourth-order valence-electron chi connectivity index (χ4n) is 2.35. The maximum Gasteiger partial charge on any atom is 0.0795 e. The lowest BCUT2D eigenvalue weighted by Gasteiger charge is -2.20. The van der Waals surface area contributed by atoms with Crippen molar-refractivity contribution in [2.75, 3.05) is 0 Å². The lowest BCUT2D eigenvalue weighted by molar-refractivity contribution is 0.424. The van der Waals surface area contributed by atoms with Gasteiger partial charge in [0, 0.05) is 29.2 Å². The number of benzene rings is 1. The van der Waals surface area contributed by atoms with E-state index in [1.165, 1.54) is 16.5 Å². The number of hydrogen-bond donors (Lipinski definition) is 1. The first-order valence-electron chi connectivity index (χ1n) is 7.21. The van der Waals surface area contributed by atoms with Gasteiger partial charge in [0.15, 0.2) is 0 Å². The molecular weight excluding hydrogens is 278 g/mol. The third-order valence-electron chi connectivity index (χ3n) is 3.47. The van der Waals surface area contributed by atoms with E-state index in [0.29, 0.717) is 0 Å². The van der Waals surface area contributed by atoms with Crippen molar-refractivity contribution in [3.05, 3.63) is 52.6 Å². The summed E-state index contributed by atoms with van der Waals surface area (Å²) in [4.78, 5) is 4.36. The van der Waals surface area contributed by atoms with Gasteiger partial charge in [0.05, 0.1) is 17.7 Å². The van der Waals surface area contributed by atoms with Crippen LogP contribution in [0.25, 0.3) is 10.9 Å². The molecule has 0 spiro atoms. The van der Waals surface area contributed by atoms with Crippen molar-refractivity contribution >= 4 is 22.2 Å². The van der Waals surface area contributed by atoms with Crippen LogP contribution < -0.4 is 5.32 Å². The van der Waals surface area contributed by atoms with Gasteiger partial charge in [-0.3, -0.25) is 0 Å². The zero-order chi connectivity index (χ0) is 14.9. The molecule has 0 aliphatic rings. The Morgan fingerprint density at radius 3 is 2.81 bits per heavy atom. The summed E-state index contributed by atoms with van der Waals surface area (Å²) < 4.78 is 2.26. The summed E-state index contributed by atoms with van der Waals surface area (Å²) >= 11 is 1.65. The lowest BCUT2D eigenvalue weighted by atomic mass is 10.1. The molecule has 0 bridgehead atoms. The maximum atomic E-state index is 4.36. The molecule has 2 heterocycles. The van der Waals surface area contributed by atoms with E-state index in [2.05, 4.69) is 71.5 Å². The van der Waals surface area contributed by atoms with Crippen molar-refractivity contribution in [3.63, 3.8) is 0 Å². The van der Waals surface area contributed by atoms with Gasteiger partial charge in [-0.2, -0.15) is 0 Å². The number of aromatic nitrogens is 2. The Labute approximate surface area is 129 Å². The van der Waals surface area contributed by atoms with Crippen molar-refractivity contribution in [2.45, 2.75) is 39.4 Å². The number of thiazole rings is 1. The molecule has 0 radical (unpaired) electrons. The van der Waals surface area contributed by atoms with Crippen LogP contribution in [0.3, 0.4) is 0 Å². The number of rotatable bonds is 4. The van der Waals surface area contributed by atoms with Crippen LogP contribution in [-0.4, -0.2) is 15.1 Å². The van der Waals surface area contributed by atoms with E-state index in [4.69, 9.17) is 0 Å². The molecule has 3 aromatic rings. The molecule has 3 rings (SSSR count). The summed E-state index contributed by atoms with van der Waals surface area (Å²) in [5, 5.41) is 6.93. The zero-order valence-corrected chi connectivity index (χ0v) is 13.6. The first-order chi connectivity index (χ1) is 10.0. The molecule has 0 atom stereocenters. The summed E-state index contributed by atoms with van der Waals surface area (Å²) in [7, 11) is 0. The molecular formula is C17H21N3S. The Balaban J connectivity index is 1.80. The molecule has 21 heavy (non-hydrogen) atoms. The van der Waals surface area contributed by atoms with Crippen LogP contribution in [0.5, 0.6) is 0 Å². The summed E-state index contributed by atoms with van der Waals surface area (Å²) in [6.45, 7) is 8.31. The minimum absolute atomic E-state index is 0.144. The second-order valence-corrected chi connectivity index (χ2v) is 7.14. The van der Waals surface area contributed by atoms with Crippen molar-refractivity contribution < 1.29 is 0 Å². The van der Waals surface area contributed by atoms with Gasteiger partial charge in [-0.05, 0) is 49.9 Å². The molecule has 3 nitrogen and oxygen atoms in total. The van der Waals surface area contributed by atoms with Crippen LogP contribution in [0.2, 0.25) is 0 Å². The van der Waals surface area contributed by atoms with E-state index < -0.39 is 0 Å². The number of hydrogen-bond acceptors (Lipinski definition) is 3. The quantitative estimate of drug-likeness (QED) is 0.788. The highest BCUT2D eigenvalue weighted by Gasteiger charge is 2.09. The molecule has 0 amide bonds. The van der Waals surface area contributed by atoms with Gasteiger partial charge in [-0.25, -0.2) is 4.98 Å². The van der Waals surface area contributed by atoms with Gasteiger partial charge in [0.2, 0.25) is 0 Å². The Morgan fingerprint density at radius 2 is 2.10 bits per heavy atom. The van der Waals surface area contributed by atoms with E-state index >= 15 is 0 Å². The van der Waals surface area contributed by atoms with Crippen LogP contribution in [0.1, 0.15) is 32.0 Å². The van der Waals surface area contributed by atoms with Crippen molar-refractivity contribution in [1.82, 2.24) is 14.9 Å². The van der Waals surface area contributed by atoms with E-state index in [9.17, 15) is 0 Å². The van der Waals surface area contributed by atoms with Crippen LogP contribution in [0.15, 0.2) is 41.4 Å². The molecule has 0 saturated heterocycles. The van der Waals surface area contributed by atoms with E-state index in [1.807, 2.05) is 5.51 Å². The number of nitrogens with one attached hydrogen (secondary N) is 1. The molecule has 110 valence electrons. The number of fused-ring (bicyclic) bond motifs is 1. The minimum Gasteiger partial charge on any atom is -0.341 e. The highest BCUT2D eigenvalue weighted by atomic mass is 32.1. The van der Waals surface area contributed by atoms with Gasteiger partial charge in [-0.1, -0.05) is 6.07 Å². The van der Waals surface area contributed by atoms with Crippen molar-refractivity contribution in [3.8, 4) is 0 Å². The Bertz CT molecular complexity index is 720. The van der Waals surface area contributed by atoms with Crippen LogP contribution >= 0.6 is 11.3 Å². The number of nitrogens with zero attached hydrogens (tertiary/aromatic N) is 2. The maximum absolute atomic E-state index is 4.36. The Kier molecular flexibility index (Phi) is 3.83. The standard InChI is InChI=1S/C17H21N3S/c1-17(2,3)19-9-13-4-5-16-14(8-13)6-7-20(16)10-15-11-21-12-18-15/h4-8,11-12,19H,9-10H2,1-3H3. The molecule has 0 saturated carbocycles. The van der Waals surface area contributed by atoms with Crippen LogP contribution in [-0.2, 0) is 13.1 Å². The smallest absolute Gasteiger partial charge is 0.0795 e. The predicted octanol–water partition coefficient (Wildman–Crippen LogP) is 4.03. The summed E-state index contributed by atoms with van der Waals surface area (Å²) in [6.07, 6.45) is 2.14. The fraction of sp³-hybridized carbons (Fsp3) is 0.353. The SMILES string of the molecule is CC(C)(C)NCc1ccc2c(ccn2Cc2cscn2)c1. The molecule has 4 heteroatoms. The average Bonchev–Trinajstić information content (AvgIpc) is 3.06. The molecule has 1 aromatic carbocycles. The first kappa shape index (κ1) is 14.3. The third kappa shape index (κ3) is 3.52. The predicted molar refractivity (Wildman–Crippen MR) is 89.7 cm³/mol. The van der Waals surface area contributed by atoms with Gasteiger partial charge in [0.25, 0.3) is 0 Å². The van der Waals surface area contributed by atoms with Crippen LogP contribution in [0, 0.1) is 0 Å². The third-order valence-corrected chi connectivity index (χ3v) is 4.11. The summed E-state index contributed by atoms with van der Waals surface area (Å²) in [6, 6.07) is 8.87. The second kappa shape index (κ2) is 5.62. The molecule has 0 fully saturated rings. The van der Waals surface area contributed by atoms with Gasteiger partial charge in [-0.15, -0.1) is 11.3 Å². The van der Waals surface area contributed by atoms with Gasteiger partial charge in [0.1, 0.15) is 0 Å². The monoisotopic (exact) mass is 299 g/mol. The fourth-order valence-corrected chi connectivity index (χ4v) is 2.90. The normalized spacial score (nSPS) is 12.1. The van der Waals surface area contributed by atoms with E-state index in [-0.39, 0.29) is 5.54 Å². The van der Waals surface area contributed by atoms with Crippen molar-refractivity contribution in [2.24, 2.45) is 0 Å². The van der Waals surface area contributed by atoms with E-state index in [1.54, 1.807) is 11.3 Å². The lowest BCUT2D eigenvalue weighted by Crippen LogP contribution is -2.35. The summed E-state index contributed by atoms with van der Waals surface area (Å²) in [5.74, 6) is 0. The van der Waals surface area contributed by atoms with Gasteiger partial charge >= 0.3 is 0 Å². The zero-order valence-electron chi connectivity index (χ0n) is 12.8. The largest absolute Gasteiger partial charge is 0.341 e. The topological polar surface area (TPSA) is 29.9 Å². The molecule has 2 aromatic heterocycles. The molecule has 1 N–H and O–H groups in total. The van der Waals surface area contributed by atoms with Crippen LogP contribution in [0.4, 0.5) is 0 Å². The Hall–Kier alpha value is -1.65. The molecule has 0 aliphatic heterocycles. The molecule has 0 aliphatic carbocycles. The minimum atomic E-state index is 0.144. The molecule has 0 unspecified atom stereocenters. The summed E-state index contributed by atoms with van der Waals surface area (Å²) in [5.41, 5.74) is 5.74. The average molecular weight is 299 g/mol.